The molecule has 25 nitrogen and oxygen atoms in total. The number of carboxylic acids is 1. The topological polar surface area (TPSA) is 419 Å². The molecule has 8 amide bonds. The SMILES string of the molecule is CCCC[C@H](NC(C)=O)C(=O)N[C@@H](CC(=O)O)C(=O)N[C@@H](Cc1cnc[nH]1)C(=O)N[C@@H](Cc1ccccc1)C(=O)N[C@@H](CCCN=C(N)N)C(=O)N[C@@H](C(=O)N[C@@H](CCCCN)C(N)=O)[C@H](C)c1c[nH]c2ccccc12. The predicted octanol–water partition coefficient (Wildman–Crippen LogP) is -0.774. The maximum atomic E-state index is 14.7. The molecule has 2 aromatic carbocycles. The summed E-state index contributed by atoms with van der Waals surface area (Å²) < 4.78 is 0. The normalized spacial score (nSPS) is 14.2. The van der Waals surface area contributed by atoms with Crippen molar-refractivity contribution in [3.05, 3.63) is 90.1 Å². The number of nitrogens with zero attached hydrogens (tertiary/aromatic N) is 2. The Kier molecular flexibility index (Phi) is 24.4. The van der Waals surface area contributed by atoms with Crippen LogP contribution in [0.4, 0.5) is 0 Å². The smallest absolute Gasteiger partial charge is 0.305 e. The first-order chi connectivity index (χ1) is 36.3. The molecule has 4 rings (SSSR count). The highest BCUT2D eigenvalue weighted by Crippen LogP contribution is 2.28. The van der Waals surface area contributed by atoms with Crippen LogP contribution in [0.5, 0.6) is 0 Å². The van der Waals surface area contributed by atoms with Crippen LogP contribution in [-0.2, 0) is 56.0 Å². The summed E-state index contributed by atoms with van der Waals surface area (Å²) in [5.41, 5.74) is 24.9. The van der Waals surface area contributed by atoms with Crippen molar-refractivity contribution in [1.29, 1.82) is 0 Å². The summed E-state index contributed by atoms with van der Waals surface area (Å²) in [6.45, 7) is 5.19. The minimum Gasteiger partial charge on any atom is -0.481 e. The molecule has 2 aromatic heterocycles. The Bertz CT molecular complexity index is 2600. The van der Waals surface area contributed by atoms with Gasteiger partial charge in [0, 0.05) is 61.2 Å². The molecule has 0 radical (unpaired) electrons. The van der Waals surface area contributed by atoms with E-state index in [2.05, 4.69) is 57.2 Å². The number of benzene rings is 2. The lowest BCUT2D eigenvalue weighted by Crippen LogP contribution is -2.61. The number of guanidine groups is 1. The third kappa shape index (κ3) is 19.5. The van der Waals surface area contributed by atoms with Gasteiger partial charge in [-0.1, -0.05) is 75.2 Å². The zero-order chi connectivity index (χ0) is 55.7. The average molecular weight is 1060 g/mol. The number of carbonyl (C=O) groups is 9. The van der Waals surface area contributed by atoms with Crippen molar-refractivity contribution in [2.24, 2.45) is 27.9 Å². The number of carbonyl (C=O) groups excluding carboxylic acids is 8. The molecule has 0 spiro atoms. The number of aromatic nitrogens is 3. The summed E-state index contributed by atoms with van der Waals surface area (Å²) in [7, 11) is 0. The van der Waals surface area contributed by atoms with Crippen LogP contribution in [0.2, 0.25) is 0 Å². The summed E-state index contributed by atoms with van der Waals surface area (Å²) in [4.78, 5) is 136. The number of unbranched alkanes of at least 4 members (excludes halogenated alkanes) is 2. The first kappa shape index (κ1) is 60.2. The number of aromatic amines is 2. The van der Waals surface area contributed by atoms with Gasteiger partial charge in [-0.15, -0.1) is 0 Å². The second kappa shape index (κ2) is 30.8. The molecule has 2 heterocycles. The van der Waals surface area contributed by atoms with Crippen LogP contribution in [-0.4, -0.2) is 135 Å². The quantitative estimate of drug-likeness (QED) is 0.0158. The Balaban J connectivity index is 1.70. The number of hydrogen-bond donors (Lipinski definition) is 14. The first-order valence-corrected chi connectivity index (χ1v) is 25.2. The van der Waals surface area contributed by atoms with Gasteiger partial charge < -0.3 is 75.2 Å². The number of H-pyrrole nitrogens is 2. The number of carboxylic acid groups (broad SMARTS) is 1. The zero-order valence-corrected chi connectivity index (χ0v) is 43.1. The van der Waals surface area contributed by atoms with Crippen LogP contribution in [0.3, 0.4) is 0 Å². The van der Waals surface area contributed by atoms with Crippen molar-refractivity contribution in [2.75, 3.05) is 13.1 Å². The second-order valence-electron chi connectivity index (χ2n) is 18.5. The molecule has 0 aliphatic carbocycles. The highest BCUT2D eigenvalue weighted by Gasteiger charge is 2.37. The molecule has 18 N–H and O–H groups in total. The molecule has 8 atom stereocenters. The number of fused-ring (bicyclic) bond motifs is 1. The molecule has 0 aliphatic heterocycles. The van der Waals surface area contributed by atoms with Crippen LogP contribution < -0.4 is 60.2 Å². The Morgan fingerprint density at radius 1 is 0.645 bits per heavy atom. The van der Waals surface area contributed by atoms with Crippen LogP contribution >= 0.6 is 0 Å². The number of nitrogens with two attached hydrogens (primary N) is 4. The number of amides is 8. The molecule has 25 heteroatoms. The summed E-state index contributed by atoms with van der Waals surface area (Å²) >= 11 is 0. The van der Waals surface area contributed by atoms with Gasteiger partial charge >= 0.3 is 5.97 Å². The van der Waals surface area contributed by atoms with Crippen LogP contribution in [0.25, 0.3) is 10.9 Å². The Morgan fingerprint density at radius 2 is 1.21 bits per heavy atom. The van der Waals surface area contributed by atoms with E-state index in [0.29, 0.717) is 49.0 Å². The lowest BCUT2D eigenvalue weighted by Gasteiger charge is -2.29. The van der Waals surface area contributed by atoms with E-state index in [-0.39, 0.29) is 51.0 Å². The molecule has 4 aromatic rings. The van der Waals surface area contributed by atoms with E-state index in [4.69, 9.17) is 22.9 Å². The van der Waals surface area contributed by atoms with Crippen molar-refractivity contribution in [2.45, 2.75) is 140 Å². The fourth-order valence-corrected chi connectivity index (χ4v) is 8.41. The van der Waals surface area contributed by atoms with Gasteiger partial charge in [0.05, 0.1) is 12.7 Å². The van der Waals surface area contributed by atoms with Crippen molar-refractivity contribution in [3.63, 3.8) is 0 Å². The van der Waals surface area contributed by atoms with E-state index >= 15 is 0 Å². The second-order valence-corrected chi connectivity index (χ2v) is 18.5. The number of rotatable bonds is 33. The van der Waals surface area contributed by atoms with Crippen molar-refractivity contribution < 1.29 is 48.3 Å². The molecule has 0 aliphatic rings. The molecule has 0 fully saturated rings. The van der Waals surface area contributed by atoms with Crippen LogP contribution in [0.15, 0.2) is 78.3 Å². The van der Waals surface area contributed by atoms with Crippen molar-refractivity contribution >= 4 is 70.1 Å². The minimum absolute atomic E-state index is 0.0376. The highest BCUT2D eigenvalue weighted by molar-refractivity contribution is 5.99. The number of hydrogen-bond acceptors (Lipinski definition) is 12. The van der Waals surface area contributed by atoms with E-state index in [1.165, 1.54) is 19.4 Å². The summed E-state index contributed by atoms with van der Waals surface area (Å²) in [6, 6.07) is 6.27. The Labute approximate surface area is 440 Å². The van der Waals surface area contributed by atoms with Crippen LogP contribution in [0, 0.1) is 0 Å². The Morgan fingerprint density at radius 3 is 1.83 bits per heavy atom. The van der Waals surface area contributed by atoms with Gasteiger partial charge in [-0.2, -0.15) is 0 Å². The summed E-state index contributed by atoms with van der Waals surface area (Å²) in [5, 5.41) is 29.0. The number of primary amides is 1. The Hall–Kier alpha value is -8.35. The maximum absolute atomic E-state index is 14.7. The number of nitrogens with one attached hydrogen (secondary N) is 9. The fourth-order valence-electron chi connectivity index (χ4n) is 8.41. The molecular formula is C51H73N15O10. The fraction of sp³-hybridized carbons (Fsp3) is 0.471. The van der Waals surface area contributed by atoms with Gasteiger partial charge in [0.15, 0.2) is 5.96 Å². The number of para-hydroxylation sites is 1. The predicted molar refractivity (Wildman–Crippen MR) is 282 cm³/mol. The highest BCUT2D eigenvalue weighted by atomic mass is 16.4. The van der Waals surface area contributed by atoms with E-state index in [1.807, 2.05) is 31.2 Å². The zero-order valence-electron chi connectivity index (χ0n) is 43.1. The maximum Gasteiger partial charge on any atom is 0.305 e. The lowest BCUT2D eigenvalue weighted by atomic mass is 9.91. The average Bonchev–Trinajstić information content (AvgIpc) is 4.07. The molecule has 76 heavy (non-hydrogen) atoms. The van der Waals surface area contributed by atoms with Gasteiger partial charge in [-0.3, -0.25) is 48.1 Å². The molecule has 412 valence electrons. The van der Waals surface area contributed by atoms with Crippen molar-refractivity contribution in [1.82, 2.24) is 52.2 Å². The molecule has 0 saturated carbocycles. The monoisotopic (exact) mass is 1060 g/mol. The van der Waals surface area contributed by atoms with E-state index in [1.54, 1.807) is 43.5 Å². The minimum atomic E-state index is -1.72. The summed E-state index contributed by atoms with van der Waals surface area (Å²) in [5.74, 6) is -8.95. The molecule has 0 bridgehead atoms. The van der Waals surface area contributed by atoms with Gasteiger partial charge in [-0.25, -0.2) is 4.98 Å². The standard InChI is InChI=1S/C51H73N15O10/c1-4-5-17-37(60-30(3)67)45(71)65-41(25-42(68)69)49(75)64-40(24-32-26-56-28-59-32)48(74)63-39(23-31-14-7-6-8-15-31)47(73)62-38(20-13-22-57-51(54)55)46(72)66-43(50(76)61-36(44(53)70)19-11-12-21-52)29(2)34-27-58-35-18-10-9-16-33(34)35/h6-10,14-16,18,26-29,36-41,43,58H,4-5,11-13,17,19-25,52H2,1-3H3,(H2,53,70)(H,56,59)(H,60,67)(H,61,76)(H,62,73)(H,63,74)(H,64,75)(H,65,71)(H,66,72)(H,68,69)(H4,54,55,57)/t29-,36+,37+,38+,39+,40+,41+,43-/m1/s1. The van der Waals surface area contributed by atoms with Gasteiger partial charge in [0.2, 0.25) is 47.3 Å². The summed E-state index contributed by atoms with van der Waals surface area (Å²) in [6.07, 6.45) is 5.80. The van der Waals surface area contributed by atoms with Gasteiger partial charge in [0.1, 0.15) is 42.3 Å². The number of aliphatic carboxylic acids is 1. The first-order valence-electron chi connectivity index (χ1n) is 25.2. The molecular weight excluding hydrogens is 983 g/mol. The molecule has 0 saturated heterocycles. The van der Waals surface area contributed by atoms with Crippen molar-refractivity contribution in [3.8, 4) is 0 Å². The largest absolute Gasteiger partial charge is 0.481 e. The molecule has 0 unspecified atom stereocenters. The van der Waals surface area contributed by atoms with E-state index in [9.17, 15) is 48.3 Å². The third-order valence-corrected chi connectivity index (χ3v) is 12.5. The van der Waals surface area contributed by atoms with Crippen LogP contribution in [0.1, 0.15) is 101 Å². The third-order valence-electron chi connectivity index (χ3n) is 12.5. The lowest BCUT2D eigenvalue weighted by molar-refractivity contribution is -0.141. The van der Waals surface area contributed by atoms with E-state index < -0.39 is 108 Å². The van der Waals surface area contributed by atoms with Gasteiger partial charge in [0.25, 0.3) is 0 Å². The van der Waals surface area contributed by atoms with E-state index in [0.717, 1.165) is 10.9 Å². The number of aliphatic imine (C=N–C) groups is 1. The van der Waals surface area contributed by atoms with Gasteiger partial charge in [-0.05, 0) is 62.3 Å². The number of imidazole rings is 1.